The van der Waals surface area contributed by atoms with E-state index in [0.29, 0.717) is 38.5 Å². The fraction of sp³-hybridized carbons (Fsp3) is 0.643. The van der Waals surface area contributed by atoms with Gasteiger partial charge in [0.15, 0.2) is 0 Å². The number of rotatable bonds is 3. The van der Waals surface area contributed by atoms with Crippen molar-refractivity contribution in [2.75, 3.05) is 39.0 Å². The third-order valence-electron chi connectivity index (χ3n) is 4.22. The van der Waals surface area contributed by atoms with Crippen LogP contribution in [0.15, 0.2) is 22.8 Å². The first-order valence-electron chi connectivity index (χ1n) is 7.30. The van der Waals surface area contributed by atoms with Crippen LogP contribution in [0.5, 0.6) is 0 Å². The van der Waals surface area contributed by atoms with Gasteiger partial charge in [-0.15, -0.1) is 0 Å². The maximum atomic E-state index is 12.3. The van der Waals surface area contributed by atoms with Crippen molar-refractivity contribution in [1.82, 2.24) is 9.21 Å². The molecule has 7 nitrogen and oxygen atoms in total. The van der Waals surface area contributed by atoms with Gasteiger partial charge in [0, 0.05) is 32.1 Å². The Bertz CT molecular complexity index is 628. The number of likely N-dealkylation sites (tertiary alicyclic amines) is 1. The van der Waals surface area contributed by atoms with Gasteiger partial charge in [-0.2, -0.15) is 4.31 Å². The van der Waals surface area contributed by atoms with Crippen LogP contribution in [-0.2, 0) is 26.0 Å². The quantitative estimate of drug-likeness (QED) is 0.777. The molecule has 0 saturated carbocycles. The Hall–Kier alpha value is -1.38. The lowest BCUT2D eigenvalue weighted by atomic mass is 10.1. The van der Waals surface area contributed by atoms with Gasteiger partial charge in [-0.3, -0.25) is 4.79 Å². The number of carbonyl (C=O) groups excluding carboxylic acids is 1. The molecule has 1 aromatic heterocycles. The minimum atomic E-state index is -3.23. The summed E-state index contributed by atoms with van der Waals surface area (Å²) in [5.74, 6) is 0.645. The zero-order chi connectivity index (χ0) is 15.7. The van der Waals surface area contributed by atoms with Crippen molar-refractivity contribution in [2.45, 2.75) is 12.5 Å². The second-order valence-electron chi connectivity index (χ2n) is 5.85. The number of hydrogen-bond donors (Lipinski definition) is 0. The van der Waals surface area contributed by atoms with Crippen molar-refractivity contribution >= 4 is 15.9 Å². The van der Waals surface area contributed by atoms with Crippen LogP contribution in [0.4, 0.5) is 0 Å². The van der Waals surface area contributed by atoms with Gasteiger partial charge in [0.05, 0.1) is 31.7 Å². The Kier molecular flexibility index (Phi) is 4.24. The number of nitrogens with zero attached hydrogens (tertiary/aromatic N) is 2. The van der Waals surface area contributed by atoms with Crippen LogP contribution in [0, 0.1) is 5.92 Å². The smallest absolute Gasteiger partial charge is 0.230 e. The SMILES string of the molecule is CS(=O)(=O)N1CCO[C@@H]2CN(C(=O)Cc3ccco3)C[C@@H]2C1. The lowest BCUT2D eigenvalue weighted by Gasteiger charge is -2.21. The second kappa shape index (κ2) is 6.02. The maximum Gasteiger partial charge on any atom is 0.230 e. The third kappa shape index (κ3) is 3.34. The lowest BCUT2D eigenvalue weighted by molar-refractivity contribution is -0.130. The van der Waals surface area contributed by atoms with Gasteiger partial charge in [-0.1, -0.05) is 0 Å². The fourth-order valence-corrected chi connectivity index (χ4v) is 3.91. The molecule has 0 aliphatic carbocycles. The molecule has 2 saturated heterocycles. The minimum Gasteiger partial charge on any atom is -0.469 e. The van der Waals surface area contributed by atoms with Crippen molar-refractivity contribution in [3.8, 4) is 0 Å². The van der Waals surface area contributed by atoms with E-state index in [0.717, 1.165) is 0 Å². The molecule has 0 spiro atoms. The van der Waals surface area contributed by atoms with Gasteiger partial charge in [0.1, 0.15) is 5.76 Å². The zero-order valence-electron chi connectivity index (χ0n) is 12.5. The number of ether oxygens (including phenoxy) is 1. The maximum absolute atomic E-state index is 12.3. The molecule has 3 rings (SSSR count). The number of amides is 1. The highest BCUT2D eigenvalue weighted by molar-refractivity contribution is 7.88. The zero-order valence-corrected chi connectivity index (χ0v) is 13.3. The average Bonchev–Trinajstić information content (AvgIpc) is 3.03. The van der Waals surface area contributed by atoms with E-state index in [1.54, 1.807) is 23.3 Å². The first kappa shape index (κ1) is 15.5. The summed E-state index contributed by atoms with van der Waals surface area (Å²) in [5, 5.41) is 0. The summed E-state index contributed by atoms with van der Waals surface area (Å²) in [5.41, 5.74) is 0. The molecule has 2 atom stereocenters. The summed E-state index contributed by atoms with van der Waals surface area (Å²) in [6.45, 7) is 2.20. The summed E-state index contributed by atoms with van der Waals surface area (Å²) < 4.78 is 35.8. The molecule has 1 amide bonds. The van der Waals surface area contributed by atoms with E-state index in [-0.39, 0.29) is 24.3 Å². The van der Waals surface area contributed by atoms with E-state index >= 15 is 0 Å². The van der Waals surface area contributed by atoms with Crippen LogP contribution in [0.1, 0.15) is 5.76 Å². The molecule has 0 unspecified atom stereocenters. The first-order valence-corrected chi connectivity index (χ1v) is 9.15. The Morgan fingerprint density at radius 3 is 2.86 bits per heavy atom. The summed E-state index contributed by atoms with van der Waals surface area (Å²) in [7, 11) is -3.23. The van der Waals surface area contributed by atoms with Crippen LogP contribution in [0.3, 0.4) is 0 Å². The Morgan fingerprint density at radius 2 is 2.18 bits per heavy atom. The monoisotopic (exact) mass is 328 g/mol. The van der Waals surface area contributed by atoms with Gasteiger partial charge in [0.2, 0.25) is 15.9 Å². The predicted octanol–water partition coefficient (Wildman–Crippen LogP) is -0.0591. The third-order valence-corrected chi connectivity index (χ3v) is 5.49. The molecule has 1 aromatic rings. The van der Waals surface area contributed by atoms with E-state index in [1.807, 2.05) is 0 Å². The van der Waals surface area contributed by atoms with E-state index in [4.69, 9.17) is 9.15 Å². The van der Waals surface area contributed by atoms with Gasteiger partial charge in [-0.25, -0.2) is 8.42 Å². The molecule has 0 radical (unpaired) electrons. The molecular weight excluding hydrogens is 308 g/mol. The normalized spacial score (nSPS) is 26.7. The van der Waals surface area contributed by atoms with Crippen LogP contribution in [0.25, 0.3) is 0 Å². The van der Waals surface area contributed by atoms with Crippen molar-refractivity contribution in [1.29, 1.82) is 0 Å². The summed E-state index contributed by atoms with van der Waals surface area (Å²) in [6, 6.07) is 3.53. The fourth-order valence-electron chi connectivity index (χ4n) is 3.04. The van der Waals surface area contributed by atoms with E-state index in [9.17, 15) is 13.2 Å². The lowest BCUT2D eigenvalue weighted by Crippen LogP contribution is -2.37. The molecule has 8 heteroatoms. The highest BCUT2D eigenvalue weighted by Gasteiger charge is 2.40. The number of sulfonamides is 1. The van der Waals surface area contributed by atoms with Gasteiger partial charge in [-0.05, 0) is 12.1 Å². The number of hydrogen-bond acceptors (Lipinski definition) is 5. The summed E-state index contributed by atoms with van der Waals surface area (Å²) >= 11 is 0. The molecule has 0 N–H and O–H groups in total. The highest BCUT2D eigenvalue weighted by atomic mass is 32.2. The Labute approximate surface area is 129 Å². The second-order valence-corrected chi connectivity index (χ2v) is 7.83. The van der Waals surface area contributed by atoms with Crippen molar-refractivity contribution in [2.24, 2.45) is 5.92 Å². The molecule has 2 aliphatic heterocycles. The molecule has 3 heterocycles. The number of fused-ring (bicyclic) bond motifs is 1. The molecule has 22 heavy (non-hydrogen) atoms. The highest BCUT2D eigenvalue weighted by Crippen LogP contribution is 2.25. The van der Waals surface area contributed by atoms with E-state index < -0.39 is 10.0 Å². The van der Waals surface area contributed by atoms with Gasteiger partial charge < -0.3 is 14.1 Å². The molecule has 2 aliphatic rings. The van der Waals surface area contributed by atoms with Crippen LogP contribution in [0.2, 0.25) is 0 Å². The number of furan rings is 1. The van der Waals surface area contributed by atoms with Crippen LogP contribution >= 0.6 is 0 Å². The average molecular weight is 328 g/mol. The van der Waals surface area contributed by atoms with Crippen LogP contribution < -0.4 is 0 Å². The van der Waals surface area contributed by atoms with Gasteiger partial charge in [0.25, 0.3) is 0 Å². The largest absolute Gasteiger partial charge is 0.469 e. The Morgan fingerprint density at radius 1 is 1.36 bits per heavy atom. The molecule has 0 aromatic carbocycles. The predicted molar refractivity (Wildman–Crippen MR) is 78.6 cm³/mol. The van der Waals surface area contributed by atoms with Crippen molar-refractivity contribution < 1.29 is 22.4 Å². The molecule has 2 fully saturated rings. The summed E-state index contributed by atoms with van der Waals surface area (Å²) in [6.07, 6.45) is 2.89. The van der Waals surface area contributed by atoms with Crippen molar-refractivity contribution in [3.05, 3.63) is 24.2 Å². The standard InChI is InChI=1S/C14H20N2O5S/c1-22(18,19)16-4-6-21-13-10-15(8-11(13)9-16)14(17)7-12-3-2-5-20-12/h2-3,5,11,13H,4,6-10H2,1H3/t11-,13-/m1/s1. The van der Waals surface area contributed by atoms with E-state index in [1.165, 1.54) is 10.6 Å². The summed E-state index contributed by atoms with van der Waals surface area (Å²) in [4.78, 5) is 14.0. The van der Waals surface area contributed by atoms with E-state index in [2.05, 4.69) is 0 Å². The molecule has 0 bridgehead atoms. The Balaban J connectivity index is 1.64. The van der Waals surface area contributed by atoms with Crippen LogP contribution in [-0.4, -0.2) is 68.7 Å². The topological polar surface area (TPSA) is 80.1 Å². The molecule has 122 valence electrons. The minimum absolute atomic E-state index is 0.0162. The van der Waals surface area contributed by atoms with Crippen molar-refractivity contribution in [3.63, 3.8) is 0 Å². The molecular formula is C14H20N2O5S. The first-order chi connectivity index (χ1) is 10.4. The van der Waals surface area contributed by atoms with Gasteiger partial charge >= 0.3 is 0 Å². The number of carbonyl (C=O) groups is 1.